The number of carboxylic acids is 1. The summed E-state index contributed by atoms with van der Waals surface area (Å²) in [6.07, 6.45) is 0. The van der Waals surface area contributed by atoms with Gasteiger partial charge in [0, 0.05) is 12.0 Å². The molecule has 2 rings (SSSR count). The van der Waals surface area contributed by atoms with Crippen molar-refractivity contribution in [3.8, 4) is 0 Å². The normalized spacial score (nSPS) is 10.1. The fourth-order valence-electron chi connectivity index (χ4n) is 1.86. The Morgan fingerprint density at radius 1 is 1.00 bits per heavy atom. The molecule has 29 heavy (non-hydrogen) atoms. The third kappa shape index (κ3) is 11.1. The summed E-state index contributed by atoms with van der Waals surface area (Å²) >= 11 is 1.14. The maximum absolute atomic E-state index is 11.5. The van der Waals surface area contributed by atoms with Crippen LogP contribution >= 0.6 is 11.3 Å². The second-order valence-electron chi connectivity index (χ2n) is 5.63. The van der Waals surface area contributed by atoms with E-state index in [-0.39, 0.29) is 17.4 Å². The number of aromatic carboxylic acids is 1. The molecule has 160 valence electrons. The molecule has 0 fully saturated rings. The Morgan fingerprint density at radius 3 is 2.17 bits per heavy atom. The van der Waals surface area contributed by atoms with Gasteiger partial charge in [0.2, 0.25) is 5.91 Å². The van der Waals surface area contributed by atoms with Crippen LogP contribution in [0.4, 0.5) is 11.4 Å². The van der Waals surface area contributed by atoms with Crippen molar-refractivity contribution < 1.29 is 28.9 Å². The number of para-hydroxylation sites is 2. The van der Waals surface area contributed by atoms with Crippen molar-refractivity contribution in [1.82, 2.24) is 5.32 Å². The minimum Gasteiger partial charge on any atom is -0.477 e. The van der Waals surface area contributed by atoms with E-state index in [9.17, 15) is 9.59 Å². The zero-order valence-electron chi connectivity index (χ0n) is 16.3. The highest BCUT2D eigenvalue weighted by Crippen LogP contribution is 2.15. The van der Waals surface area contributed by atoms with Crippen LogP contribution in [0, 0.1) is 0 Å². The van der Waals surface area contributed by atoms with E-state index in [0.717, 1.165) is 16.2 Å². The van der Waals surface area contributed by atoms with Crippen molar-refractivity contribution in [2.45, 2.75) is 6.54 Å². The molecule has 2 aromatic rings. The van der Waals surface area contributed by atoms with Crippen LogP contribution in [0.3, 0.4) is 0 Å². The number of amides is 1. The molecule has 6 N–H and O–H groups in total. The molecule has 0 atom stereocenters. The lowest BCUT2D eigenvalue weighted by Crippen LogP contribution is -2.27. The molecule has 0 saturated carbocycles. The maximum Gasteiger partial charge on any atom is 0.345 e. The third-order valence-corrected chi connectivity index (χ3v) is 4.44. The Hall–Kier alpha value is -2.66. The first-order valence-corrected chi connectivity index (χ1v) is 9.58. The highest BCUT2D eigenvalue weighted by atomic mass is 32.1. The number of carbonyl (C=O) groups is 2. The molecule has 0 unspecified atom stereocenters. The summed E-state index contributed by atoms with van der Waals surface area (Å²) in [5.74, 6) is -1.22. The third-order valence-electron chi connectivity index (χ3n) is 3.37. The van der Waals surface area contributed by atoms with Crippen molar-refractivity contribution in [2.75, 3.05) is 51.6 Å². The molecule has 0 bridgehead atoms. The lowest BCUT2D eigenvalue weighted by Gasteiger charge is -2.06. The fraction of sp³-hybridized carbons (Fsp3) is 0.368. The molecule has 1 amide bonds. The zero-order valence-corrected chi connectivity index (χ0v) is 17.1. The average molecular weight is 426 g/mol. The largest absolute Gasteiger partial charge is 0.477 e. The number of thiophene rings is 1. The minimum absolute atomic E-state index is 0.0508. The molecule has 9 nitrogen and oxygen atoms in total. The summed E-state index contributed by atoms with van der Waals surface area (Å²) in [6.45, 7) is 2.01. The number of nitrogens with one attached hydrogen (secondary N) is 1. The van der Waals surface area contributed by atoms with Gasteiger partial charge in [-0.1, -0.05) is 12.1 Å². The van der Waals surface area contributed by atoms with Gasteiger partial charge in [-0.3, -0.25) is 4.79 Å². The van der Waals surface area contributed by atoms with E-state index < -0.39 is 5.97 Å². The van der Waals surface area contributed by atoms with E-state index in [1.54, 1.807) is 25.3 Å². The molecule has 0 aliphatic heterocycles. The van der Waals surface area contributed by atoms with Gasteiger partial charge < -0.3 is 36.1 Å². The molecule has 0 aliphatic carbocycles. The predicted octanol–water partition coefficient (Wildman–Crippen LogP) is 1.59. The quantitative estimate of drug-likeness (QED) is 0.314. The molecule has 1 aromatic heterocycles. The van der Waals surface area contributed by atoms with Gasteiger partial charge in [0.05, 0.1) is 44.3 Å². The monoisotopic (exact) mass is 425 g/mol. The molecule has 0 saturated heterocycles. The van der Waals surface area contributed by atoms with Crippen LogP contribution in [-0.2, 0) is 25.5 Å². The van der Waals surface area contributed by atoms with E-state index in [1.807, 2.05) is 12.1 Å². The van der Waals surface area contributed by atoms with E-state index in [4.69, 9.17) is 30.8 Å². The van der Waals surface area contributed by atoms with Gasteiger partial charge in [0.1, 0.15) is 11.5 Å². The summed E-state index contributed by atoms with van der Waals surface area (Å²) in [5.41, 5.74) is 12.1. The fourth-order valence-corrected chi connectivity index (χ4v) is 2.65. The smallest absolute Gasteiger partial charge is 0.345 e. The predicted molar refractivity (Wildman–Crippen MR) is 112 cm³/mol. The van der Waals surface area contributed by atoms with E-state index in [2.05, 4.69) is 5.32 Å². The Bertz CT molecular complexity index is 732. The van der Waals surface area contributed by atoms with Crippen molar-refractivity contribution >= 4 is 34.6 Å². The number of rotatable bonds is 11. The molecule has 0 radical (unpaired) electrons. The molecule has 0 aliphatic rings. The Labute approximate surface area is 173 Å². The van der Waals surface area contributed by atoms with Crippen LogP contribution in [0.2, 0.25) is 0 Å². The summed E-state index contributed by atoms with van der Waals surface area (Å²) in [5, 5.41) is 11.4. The van der Waals surface area contributed by atoms with Crippen LogP contribution in [0.25, 0.3) is 0 Å². The second-order valence-corrected chi connectivity index (χ2v) is 6.80. The Kier molecular flexibility index (Phi) is 12.1. The topological polar surface area (TPSA) is 146 Å². The highest BCUT2D eigenvalue weighted by Gasteiger charge is 2.08. The molecular weight excluding hydrogens is 398 g/mol. The Morgan fingerprint density at radius 2 is 1.62 bits per heavy atom. The van der Waals surface area contributed by atoms with Gasteiger partial charge >= 0.3 is 5.97 Å². The molecule has 1 heterocycles. The number of nitrogens with two attached hydrogens (primary N) is 2. The molecule has 10 heteroatoms. The average Bonchev–Trinajstić information content (AvgIpc) is 3.18. The van der Waals surface area contributed by atoms with E-state index in [1.165, 1.54) is 6.07 Å². The zero-order chi connectivity index (χ0) is 21.5. The van der Waals surface area contributed by atoms with Crippen LogP contribution in [0.5, 0.6) is 0 Å². The number of nitrogen functional groups attached to an aromatic ring is 2. The number of hydrogen-bond acceptors (Lipinski definition) is 8. The standard InChI is InChI=1S/C13H19NO6S.C6H8N2/c1-18-4-5-19-6-7-20-9-12(15)14-8-10-2-3-11(21-10)13(16)17;7-5-3-1-2-4-6(5)8/h2-3H,4-9H2,1H3,(H,14,15)(H,16,17);1-4H,7-8H2. The summed E-state index contributed by atoms with van der Waals surface area (Å²) in [7, 11) is 1.59. The number of carbonyl (C=O) groups excluding carboxylic acids is 1. The van der Waals surface area contributed by atoms with Gasteiger partial charge in [0.25, 0.3) is 0 Å². The van der Waals surface area contributed by atoms with Gasteiger partial charge in [-0.05, 0) is 24.3 Å². The minimum atomic E-state index is -0.964. The van der Waals surface area contributed by atoms with Gasteiger partial charge in [-0.25, -0.2) is 4.79 Å². The number of ether oxygens (including phenoxy) is 3. The van der Waals surface area contributed by atoms with E-state index in [0.29, 0.717) is 44.3 Å². The number of anilines is 2. The highest BCUT2D eigenvalue weighted by molar-refractivity contribution is 7.13. The van der Waals surface area contributed by atoms with Crippen molar-refractivity contribution in [3.63, 3.8) is 0 Å². The number of benzene rings is 1. The van der Waals surface area contributed by atoms with Gasteiger partial charge in [-0.15, -0.1) is 11.3 Å². The molecular formula is C19H27N3O6S. The summed E-state index contributed by atoms with van der Waals surface area (Å²) in [4.78, 5) is 23.2. The summed E-state index contributed by atoms with van der Waals surface area (Å²) in [6, 6.07) is 10.4. The number of carboxylic acid groups (broad SMARTS) is 1. The van der Waals surface area contributed by atoms with Gasteiger partial charge in [0.15, 0.2) is 0 Å². The van der Waals surface area contributed by atoms with Crippen molar-refractivity contribution in [1.29, 1.82) is 0 Å². The molecule has 0 spiro atoms. The Balaban J connectivity index is 0.000000436. The van der Waals surface area contributed by atoms with Crippen LogP contribution in [0.15, 0.2) is 36.4 Å². The number of hydrogen-bond donors (Lipinski definition) is 4. The maximum atomic E-state index is 11.5. The lowest BCUT2D eigenvalue weighted by molar-refractivity contribution is -0.126. The number of methoxy groups -OCH3 is 1. The summed E-state index contributed by atoms with van der Waals surface area (Å²) < 4.78 is 15.1. The van der Waals surface area contributed by atoms with E-state index >= 15 is 0 Å². The first kappa shape index (κ1) is 24.4. The lowest BCUT2D eigenvalue weighted by atomic mass is 10.3. The van der Waals surface area contributed by atoms with Crippen LogP contribution in [0.1, 0.15) is 14.5 Å². The van der Waals surface area contributed by atoms with Crippen LogP contribution < -0.4 is 16.8 Å². The first-order chi connectivity index (χ1) is 13.9. The van der Waals surface area contributed by atoms with Gasteiger partial charge in [-0.2, -0.15) is 0 Å². The first-order valence-electron chi connectivity index (χ1n) is 8.77. The van der Waals surface area contributed by atoms with Crippen molar-refractivity contribution in [2.24, 2.45) is 0 Å². The van der Waals surface area contributed by atoms with Crippen molar-refractivity contribution in [3.05, 3.63) is 46.2 Å². The molecule has 1 aromatic carbocycles. The SMILES string of the molecule is COCCOCCOCC(=O)NCc1ccc(C(=O)O)s1.Nc1ccccc1N. The van der Waals surface area contributed by atoms with Crippen LogP contribution in [-0.4, -0.2) is 57.1 Å². The second kappa shape index (κ2) is 14.4.